The normalized spacial score (nSPS) is 12.4. The van der Waals surface area contributed by atoms with E-state index in [-0.39, 0.29) is 23.9 Å². The molecule has 1 atom stereocenters. The van der Waals surface area contributed by atoms with E-state index in [0.29, 0.717) is 6.54 Å². The molecule has 7 heteroatoms. The van der Waals surface area contributed by atoms with Crippen LogP contribution >= 0.6 is 0 Å². The number of likely N-dealkylation sites (N-methyl/N-ethyl adjacent to an activating group) is 1. The van der Waals surface area contributed by atoms with Crippen LogP contribution in [0.3, 0.4) is 0 Å². The summed E-state index contributed by atoms with van der Waals surface area (Å²) in [6, 6.07) is -0.785. The summed E-state index contributed by atoms with van der Waals surface area (Å²) >= 11 is 2.33. The first-order valence-corrected chi connectivity index (χ1v) is 5.61. The van der Waals surface area contributed by atoms with Crippen molar-refractivity contribution in [2.24, 2.45) is 5.73 Å². The van der Waals surface area contributed by atoms with Gasteiger partial charge in [0.15, 0.2) is 0 Å². The molecule has 3 N–H and O–H groups in total. The molecule has 1 amide bonds. The van der Waals surface area contributed by atoms with Crippen molar-refractivity contribution in [1.82, 2.24) is 4.90 Å². The number of aliphatic carboxylic acids is 1. The molecular formula is C9H15N2O4Se. The van der Waals surface area contributed by atoms with Crippen molar-refractivity contribution in [2.75, 3.05) is 13.6 Å². The zero-order valence-electron chi connectivity index (χ0n) is 9.01. The summed E-state index contributed by atoms with van der Waals surface area (Å²) in [6.07, 6.45) is 0.424. The first-order valence-electron chi connectivity index (χ1n) is 4.75. The molecule has 16 heavy (non-hydrogen) atoms. The van der Waals surface area contributed by atoms with E-state index in [1.54, 1.807) is 7.05 Å². The molecule has 1 unspecified atom stereocenters. The summed E-state index contributed by atoms with van der Waals surface area (Å²) < 4.78 is -0.120. The van der Waals surface area contributed by atoms with Crippen molar-refractivity contribution in [1.29, 1.82) is 0 Å². The Bertz CT molecular complexity index is 283. The first-order chi connectivity index (χ1) is 7.34. The number of nitrogens with two attached hydrogens (primary N) is 1. The predicted molar refractivity (Wildman–Crippen MR) is 57.9 cm³/mol. The number of carbonyl (C=O) groups is 3. The van der Waals surface area contributed by atoms with Crippen molar-refractivity contribution >= 4 is 32.6 Å². The molecule has 0 aromatic heterocycles. The molecule has 0 aromatic rings. The van der Waals surface area contributed by atoms with Crippen LogP contribution in [0.5, 0.6) is 0 Å². The predicted octanol–water partition coefficient (Wildman–Crippen LogP) is -1.28. The topological polar surface area (TPSA) is 101 Å². The van der Waals surface area contributed by atoms with Gasteiger partial charge in [-0.3, -0.25) is 0 Å². The molecule has 0 fully saturated rings. The maximum absolute atomic E-state index is 10.9. The van der Waals surface area contributed by atoms with Gasteiger partial charge in [0.05, 0.1) is 0 Å². The zero-order valence-corrected chi connectivity index (χ0v) is 10.7. The molecule has 6 nitrogen and oxygen atoms in total. The van der Waals surface area contributed by atoms with Crippen molar-refractivity contribution in [3.05, 3.63) is 0 Å². The van der Waals surface area contributed by atoms with Crippen molar-refractivity contribution in [2.45, 2.75) is 25.3 Å². The number of nitrogens with zero attached hydrogens (tertiary/aromatic N) is 1. The van der Waals surface area contributed by atoms with E-state index in [2.05, 4.69) is 16.0 Å². The van der Waals surface area contributed by atoms with Gasteiger partial charge in [-0.25, -0.2) is 0 Å². The third-order valence-corrected chi connectivity index (χ3v) is 2.58. The third-order valence-electron chi connectivity index (χ3n) is 2.15. The van der Waals surface area contributed by atoms with Crippen LogP contribution in [0.1, 0.15) is 19.3 Å². The van der Waals surface area contributed by atoms with E-state index in [1.165, 1.54) is 4.90 Å². The fourth-order valence-corrected chi connectivity index (χ4v) is 1.43. The van der Waals surface area contributed by atoms with Crippen molar-refractivity contribution in [3.63, 3.8) is 0 Å². The monoisotopic (exact) mass is 295 g/mol. The molecule has 0 saturated carbocycles. The minimum absolute atomic E-state index is 0.0213. The summed E-state index contributed by atoms with van der Waals surface area (Å²) in [5, 5.41) is 8.94. The van der Waals surface area contributed by atoms with Gasteiger partial charge in [0.2, 0.25) is 0 Å². The Labute approximate surface area is 102 Å². The number of carboxylic acids is 1. The third kappa shape index (κ3) is 6.55. The Balaban J connectivity index is 4.23. The van der Waals surface area contributed by atoms with Gasteiger partial charge < -0.3 is 0 Å². The average molecular weight is 294 g/mol. The number of carbonyl (C=O) groups excluding carboxylic acids is 2. The zero-order chi connectivity index (χ0) is 12.7. The van der Waals surface area contributed by atoms with Crippen LogP contribution in [0.15, 0.2) is 0 Å². The number of hydrogen-bond acceptors (Lipinski definition) is 4. The van der Waals surface area contributed by atoms with Crippen LogP contribution in [-0.2, 0) is 14.4 Å². The van der Waals surface area contributed by atoms with Crippen LogP contribution in [0, 0.1) is 0 Å². The van der Waals surface area contributed by atoms with Crippen molar-refractivity contribution in [3.8, 4) is 0 Å². The second-order valence-corrected chi connectivity index (χ2v) is 4.42. The van der Waals surface area contributed by atoms with Gasteiger partial charge >= 0.3 is 102 Å². The quantitative estimate of drug-likeness (QED) is 0.543. The van der Waals surface area contributed by atoms with Gasteiger partial charge in [-0.1, -0.05) is 0 Å². The van der Waals surface area contributed by atoms with Gasteiger partial charge in [-0.05, 0) is 0 Å². The van der Waals surface area contributed by atoms with Gasteiger partial charge in [0.25, 0.3) is 0 Å². The van der Waals surface area contributed by atoms with Gasteiger partial charge in [0, 0.05) is 0 Å². The van der Waals surface area contributed by atoms with E-state index in [1.807, 2.05) is 0 Å². The Morgan fingerprint density at radius 3 is 2.31 bits per heavy atom. The van der Waals surface area contributed by atoms with Gasteiger partial charge in [-0.15, -0.1) is 0 Å². The molecule has 0 aliphatic heterocycles. The molecule has 0 aromatic carbocycles. The molecule has 0 saturated heterocycles. The van der Waals surface area contributed by atoms with Crippen LogP contribution in [0.25, 0.3) is 0 Å². The number of primary amides is 1. The van der Waals surface area contributed by atoms with Gasteiger partial charge in [0.1, 0.15) is 0 Å². The van der Waals surface area contributed by atoms with Crippen LogP contribution in [0.4, 0.5) is 0 Å². The second-order valence-electron chi connectivity index (χ2n) is 3.46. The SMILES string of the molecule is CN(CCC(=O)[Se])C(CCC(N)=O)C(=O)O. The van der Waals surface area contributed by atoms with Gasteiger partial charge in [-0.2, -0.15) is 0 Å². The summed E-state index contributed by atoms with van der Waals surface area (Å²) in [4.78, 5) is 33.7. The van der Waals surface area contributed by atoms with E-state index >= 15 is 0 Å². The molecule has 0 bridgehead atoms. The second kappa shape index (κ2) is 7.38. The number of hydrogen-bond donors (Lipinski definition) is 2. The Morgan fingerprint density at radius 2 is 1.94 bits per heavy atom. The van der Waals surface area contributed by atoms with Crippen LogP contribution in [-0.4, -0.2) is 62.2 Å². The number of rotatable bonds is 8. The minimum atomic E-state index is -1.02. The molecule has 0 rings (SSSR count). The number of amides is 1. The number of carboxylic acid groups (broad SMARTS) is 1. The molecular weight excluding hydrogens is 279 g/mol. The summed E-state index contributed by atoms with van der Waals surface area (Å²) in [6.45, 7) is 0.335. The molecule has 0 heterocycles. The first kappa shape index (κ1) is 15.1. The molecule has 91 valence electrons. The summed E-state index contributed by atoms with van der Waals surface area (Å²) in [7, 11) is 1.60. The van der Waals surface area contributed by atoms with E-state index < -0.39 is 17.9 Å². The van der Waals surface area contributed by atoms with E-state index in [4.69, 9.17) is 10.8 Å². The molecule has 0 aliphatic rings. The molecule has 0 spiro atoms. The van der Waals surface area contributed by atoms with E-state index in [9.17, 15) is 14.4 Å². The van der Waals surface area contributed by atoms with Crippen molar-refractivity contribution < 1.29 is 19.5 Å². The Hall–Kier alpha value is -0.911. The molecule has 0 aliphatic carbocycles. The Kier molecular flexibility index (Phi) is 6.96. The van der Waals surface area contributed by atoms with Crippen LogP contribution < -0.4 is 5.73 Å². The average Bonchev–Trinajstić information content (AvgIpc) is 2.13. The Morgan fingerprint density at radius 1 is 1.38 bits per heavy atom. The fraction of sp³-hybridized carbons (Fsp3) is 0.667. The molecule has 1 radical (unpaired) electrons. The standard InChI is InChI=1S/C9H15N2O4Se/c1-11(5-4-8(13)16)6(9(14)15)2-3-7(10)12/h6H,2-5H2,1H3,(H2,10,12)(H,14,15). The maximum atomic E-state index is 10.9. The summed E-state index contributed by atoms with van der Waals surface area (Å²) in [5.74, 6) is -1.55. The summed E-state index contributed by atoms with van der Waals surface area (Å²) in [5.41, 5.74) is 4.95. The fourth-order valence-electron chi connectivity index (χ4n) is 1.23. The van der Waals surface area contributed by atoms with E-state index in [0.717, 1.165) is 0 Å². The van der Waals surface area contributed by atoms with Crippen LogP contribution in [0.2, 0.25) is 0 Å².